The van der Waals surface area contributed by atoms with E-state index in [4.69, 9.17) is 0 Å². The highest BCUT2D eigenvalue weighted by molar-refractivity contribution is 7.01. The number of nitrogens with zero attached hydrogens (tertiary/aromatic N) is 2. The van der Waals surface area contributed by atoms with E-state index in [-0.39, 0.29) is 11.1 Å². The summed E-state index contributed by atoms with van der Waals surface area (Å²) < 4.78 is 3.43. The SMILES string of the molecule is O=c1c2c(n3c4c(c(=O)n13)B(c1c(-c3ccccc3)cccc1-c1ccccc1)c1ccccc1-4)-c1ccccc1B2c1c(-c2ccccc2)cccc1-c1ccccc1. The first-order chi connectivity index (χ1) is 29.7. The Morgan fingerprint density at radius 2 is 0.550 bits per heavy atom. The minimum Gasteiger partial charge on any atom is -0.268 e. The summed E-state index contributed by atoms with van der Waals surface area (Å²) in [5, 5.41) is 0. The second-order valence-corrected chi connectivity index (χ2v) is 15.8. The number of benzene rings is 8. The fourth-order valence-corrected chi connectivity index (χ4v) is 10.4. The van der Waals surface area contributed by atoms with Crippen molar-refractivity contribution >= 4 is 46.2 Å². The molecule has 0 fully saturated rings. The van der Waals surface area contributed by atoms with E-state index in [0.29, 0.717) is 10.9 Å². The molecule has 0 spiro atoms. The van der Waals surface area contributed by atoms with Gasteiger partial charge in [-0.05, 0) is 55.6 Å². The van der Waals surface area contributed by atoms with Crippen molar-refractivity contribution in [3.05, 3.63) is 227 Å². The number of fused-ring (bicyclic) bond motifs is 9. The van der Waals surface area contributed by atoms with E-state index >= 15 is 9.59 Å². The van der Waals surface area contributed by atoms with Crippen LogP contribution < -0.4 is 43.9 Å². The van der Waals surface area contributed by atoms with Crippen LogP contribution in [0.25, 0.3) is 67.0 Å². The van der Waals surface area contributed by atoms with Crippen molar-refractivity contribution in [1.29, 1.82) is 0 Å². The van der Waals surface area contributed by atoms with Crippen LogP contribution in [0, 0.1) is 0 Å². The molecule has 0 bridgehead atoms. The Balaban J connectivity index is 1.18. The number of aromatic nitrogens is 2. The first-order valence-electron chi connectivity index (χ1n) is 20.5. The van der Waals surface area contributed by atoms with Crippen molar-refractivity contribution in [2.45, 2.75) is 0 Å². The van der Waals surface area contributed by atoms with Gasteiger partial charge in [-0.15, -0.1) is 0 Å². The van der Waals surface area contributed by atoms with Crippen molar-refractivity contribution in [3.63, 3.8) is 0 Å². The number of hydrogen-bond donors (Lipinski definition) is 0. The molecule has 12 rings (SSSR count). The van der Waals surface area contributed by atoms with Gasteiger partial charge in [-0.2, -0.15) is 4.52 Å². The van der Waals surface area contributed by atoms with Crippen molar-refractivity contribution in [2.75, 3.05) is 0 Å². The highest BCUT2D eigenvalue weighted by Gasteiger charge is 2.47. The van der Waals surface area contributed by atoms with E-state index in [0.717, 1.165) is 88.9 Å². The fourth-order valence-electron chi connectivity index (χ4n) is 10.4. The molecular weight excluding hydrogens is 730 g/mol. The van der Waals surface area contributed by atoms with Crippen molar-refractivity contribution in [1.82, 2.24) is 9.03 Å². The minimum atomic E-state index is -0.423. The molecule has 278 valence electrons. The molecular formula is C54H34B2N2O2. The summed E-state index contributed by atoms with van der Waals surface area (Å²) in [7, 11) is 0. The summed E-state index contributed by atoms with van der Waals surface area (Å²) in [4.78, 5) is 31.1. The highest BCUT2D eigenvalue weighted by atomic mass is 16.2. The van der Waals surface area contributed by atoms with Crippen molar-refractivity contribution < 1.29 is 0 Å². The normalized spacial score (nSPS) is 12.4. The first kappa shape index (κ1) is 34.4. The Bertz CT molecular complexity index is 3080. The molecule has 6 heteroatoms. The lowest BCUT2D eigenvalue weighted by Gasteiger charge is -2.20. The molecule has 0 unspecified atom stereocenters. The zero-order chi connectivity index (χ0) is 39.9. The van der Waals surface area contributed by atoms with Gasteiger partial charge < -0.3 is 0 Å². The third-order valence-corrected chi connectivity index (χ3v) is 12.7. The molecule has 4 heterocycles. The lowest BCUT2D eigenvalue weighted by Crippen LogP contribution is -2.58. The maximum absolute atomic E-state index is 15.6. The van der Waals surface area contributed by atoms with E-state index in [9.17, 15) is 0 Å². The Labute approximate surface area is 347 Å². The smallest absolute Gasteiger partial charge is 0.268 e. The fraction of sp³-hybridized carbons (Fsp3) is 0. The van der Waals surface area contributed by atoms with Gasteiger partial charge in [-0.3, -0.25) is 9.59 Å². The minimum absolute atomic E-state index is 0.275. The van der Waals surface area contributed by atoms with Gasteiger partial charge in [-0.1, -0.05) is 228 Å². The molecule has 2 aromatic heterocycles. The molecule has 0 atom stereocenters. The van der Waals surface area contributed by atoms with E-state index in [1.165, 1.54) is 4.52 Å². The lowest BCUT2D eigenvalue weighted by atomic mass is 9.37. The van der Waals surface area contributed by atoms with Gasteiger partial charge in [0.05, 0.1) is 11.4 Å². The van der Waals surface area contributed by atoms with Crippen LogP contribution in [0.2, 0.25) is 0 Å². The van der Waals surface area contributed by atoms with Crippen molar-refractivity contribution in [3.8, 4) is 67.0 Å². The summed E-state index contributed by atoms with van der Waals surface area (Å²) in [5.41, 5.74) is 17.0. The second kappa shape index (κ2) is 13.4. The molecule has 2 aliphatic heterocycles. The molecule has 4 nitrogen and oxygen atoms in total. The maximum atomic E-state index is 15.6. The monoisotopic (exact) mass is 764 g/mol. The predicted molar refractivity (Wildman–Crippen MR) is 249 cm³/mol. The number of hydrogen-bond acceptors (Lipinski definition) is 2. The van der Waals surface area contributed by atoms with Gasteiger partial charge in [0.2, 0.25) is 0 Å². The Kier molecular flexibility index (Phi) is 7.69. The van der Waals surface area contributed by atoms with Gasteiger partial charge in [-0.25, -0.2) is 4.52 Å². The zero-order valence-electron chi connectivity index (χ0n) is 32.5. The van der Waals surface area contributed by atoms with E-state index < -0.39 is 13.4 Å². The predicted octanol–water partition coefficient (Wildman–Crippen LogP) is 6.86. The molecule has 0 aliphatic carbocycles. The molecule has 8 aromatic carbocycles. The van der Waals surface area contributed by atoms with Gasteiger partial charge in [0.25, 0.3) is 24.5 Å². The molecule has 0 saturated carbocycles. The Hall–Kier alpha value is -7.69. The summed E-state index contributed by atoms with van der Waals surface area (Å²) in [5.74, 6) is 0. The quantitative estimate of drug-likeness (QED) is 0.174. The van der Waals surface area contributed by atoms with Crippen LogP contribution in [0.3, 0.4) is 0 Å². The van der Waals surface area contributed by atoms with Crippen LogP contribution in [0.1, 0.15) is 0 Å². The van der Waals surface area contributed by atoms with Gasteiger partial charge in [0, 0.05) is 10.9 Å². The highest BCUT2D eigenvalue weighted by Crippen LogP contribution is 2.33. The van der Waals surface area contributed by atoms with Crippen LogP contribution in [-0.2, 0) is 0 Å². The molecule has 0 saturated heterocycles. The molecule has 0 radical (unpaired) electrons. The lowest BCUT2D eigenvalue weighted by molar-refractivity contribution is 0.815. The van der Waals surface area contributed by atoms with Crippen LogP contribution >= 0.6 is 0 Å². The largest absolute Gasteiger partial charge is 0.270 e. The summed E-state index contributed by atoms with van der Waals surface area (Å²) >= 11 is 0. The Morgan fingerprint density at radius 3 is 0.883 bits per heavy atom. The van der Waals surface area contributed by atoms with Crippen LogP contribution in [0.4, 0.5) is 0 Å². The van der Waals surface area contributed by atoms with E-state index in [2.05, 4.69) is 170 Å². The molecule has 0 N–H and O–H groups in total. The Morgan fingerprint density at radius 1 is 0.267 bits per heavy atom. The third kappa shape index (κ3) is 4.88. The van der Waals surface area contributed by atoms with E-state index in [1.807, 2.05) is 40.9 Å². The number of rotatable bonds is 6. The molecule has 2 aliphatic rings. The summed E-state index contributed by atoms with van der Waals surface area (Å²) in [6, 6.07) is 71.3. The first-order valence-corrected chi connectivity index (χ1v) is 20.5. The average Bonchev–Trinajstić information content (AvgIpc) is 4.02. The molecule has 60 heavy (non-hydrogen) atoms. The van der Waals surface area contributed by atoms with Gasteiger partial charge >= 0.3 is 0 Å². The van der Waals surface area contributed by atoms with Crippen molar-refractivity contribution in [2.24, 2.45) is 0 Å². The van der Waals surface area contributed by atoms with Gasteiger partial charge in [0.1, 0.15) is 0 Å². The molecule has 10 aromatic rings. The zero-order valence-corrected chi connectivity index (χ0v) is 32.5. The molecule has 0 amide bonds. The van der Waals surface area contributed by atoms with E-state index in [1.54, 1.807) is 0 Å². The standard InChI is InChI=1S/C54H34B2N2O2/c59-53-49-51(43-27-13-15-33-45(43)55(49)47-39(35-19-5-1-6-20-35)29-17-30-40(47)36-21-7-2-8-22-36)57-52-44-28-14-16-34-46(44)56(50(52)54(60)58(53)57)48-41(37-23-9-3-10-24-37)31-18-32-42(48)38-25-11-4-12-26-38/h1-34H. The van der Waals surface area contributed by atoms with Gasteiger partial charge in [0.15, 0.2) is 0 Å². The van der Waals surface area contributed by atoms with Crippen LogP contribution in [0.15, 0.2) is 216 Å². The third-order valence-electron chi connectivity index (χ3n) is 12.7. The topological polar surface area (TPSA) is 43.0 Å². The maximum Gasteiger partial charge on any atom is 0.270 e. The van der Waals surface area contributed by atoms with Crippen LogP contribution in [-0.4, -0.2) is 22.5 Å². The average molecular weight is 765 g/mol. The second-order valence-electron chi connectivity index (χ2n) is 15.8. The van der Waals surface area contributed by atoms with Crippen LogP contribution in [0.5, 0.6) is 0 Å². The summed E-state index contributed by atoms with van der Waals surface area (Å²) in [6.45, 7) is -0.845. The summed E-state index contributed by atoms with van der Waals surface area (Å²) in [6.07, 6.45) is 0.